The molecule has 0 saturated carbocycles. The molecular weight excluding hydrogens is 839 g/mol. The van der Waals surface area contributed by atoms with Crippen molar-refractivity contribution >= 4 is 28.9 Å². The summed E-state index contributed by atoms with van der Waals surface area (Å²) in [4.78, 5) is 57.9. The first kappa shape index (κ1) is 45.6. The number of nitrogens with zero attached hydrogens (tertiary/aromatic N) is 2. The van der Waals surface area contributed by atoms with Gasteiger partial charge in [-0.15, -0.1) is 0 Å². The zero-order chi connectivity index (χ0) is 46.0. The Kier molecular flexibility index (Phi) is 14.7. The number of aromatic nitrogens is 1. The molecule has 0 aliphatic carbocycles. The monoisotopic (exact) mass is 893 g/mol. The fourth-order valence-electron chi connectivity index (χ4n) is 8.72. The molecule has 3 aliphatic heterocycles. The molecule has 0 radical (unpaired) electrons. The highest BCUT2D eigenvalue weighted by Gasteiger charge is 2.37. The summed E-state index contributed by atoms with van der Waals surface area (Å²) in [7, 11) is 0. The van der Waals surface area contributed by atoms with Crippen molar-refractivity contribution in [2.45, 2.75) is 51.2 Å². The molecule has 3 saturated heterocycles. The van der Waals surface area contributed by atoms with Crippen LogP contribution in [0.1, 0.15) is 80.4 Å². The molecule has 3 atom stereocenters. The number of benzene rings is 5. The smallest absolute Gasteiger partial charge is 0.408 e. The van der Waals surface area contributed by atoms with Gasteiger partial charge in [-0.05, 0) is 115 Å². The molecule has 0 spiro atoms. The van der Waals surface area contributed by atoms with E-state index in [1.807, 2.05) is 85.8 Å². The van der Waals surface area contributed by atoms with Crippen molar-refractivity contribution in [3.63, 3.8) is 0 Å². The molecule has 2 amide bonds. The number of carbonyl (C=O) groups is 3. The van der Waals surface area contributed by atoms with Crippen LogP contribution in [-0.2, 0) is 22.6 Å². The van der Waals surface area contributed by atoms with Gasteiger partial charge in [-0.3, -0.25) is 14.5 Å². The number of phenols is 1. The molecule has 3 fully saturated rings. The Hall–Kier alpha value is -7.00. The highest BCUT2D eigenvalue weighted by molar-refractivity contribution is 5.94. The van der Waals surface area contributed by atoms with Crippen LogP contribution >= 0.6 is 0 Å². The number of H-pyrrole nitrogens is 1. The third-order valence-electron chi connectivity index (χ3n) is 12.4. The van der Waals surface area contributed by atoms with E-state index in [0.29, 0.717) is 46.8 Å². The second-order valence-electron chi connectivity index (χ2n) is 16.8. The number of carbonyl (C=O) groups excluding carboxylic acids is 3. The minimum Gasteiger partial charge on any atom is -0.506 e. The number of rotatable bonds is 18. The molecule has 2 bridgehead atoms. The molecule has 9 rings (SSSR count). The van der Waals surface area contributed by atoms with Gasteiger partial charge in [0, 0.05) is 43.2 Å². The molecule has 0 unspecified atom stereocenters. The molecule has 14 heteroatoms. The van der Waals surface area contributed by atoms with Gasteiger partial charge < -0.3 is 44.9 Å². The number of pyridine rings is 1. The molecule has 1 aromatic heterocycles. The summed E-state index contributed by atoms with van der Waals surface area (Å²) in [6.45, 7) is 6.34. The van der Waals surface area contributed by atoms with E-state index in [9.17, 15) is 29.4 Å². The van der Waals surface area contributed by atoms with Crippen molar-refractivity contribution in [2.24, 2.45) is 5.92 Å². The number of piperidine rings is 3. The Bertz CT molecular complexity index is 2670. The van der Waals surface area contributed by atoms with Gasteiger partial charge in [0.2, 0.25) is 5.56 Å². The maximum absolute atomic E-state index is 13.4. The van der Waals surface area contributed by atoms with Gasteiger partial charge in [-0.1, -0.05) is 72.8 Å². The van der Waals surface area contributed by atoms with E-state index in [-0.39, 0.29) is 55.1 Å². The summed E-state index contributed by atoms with van der Waals surface area (Å²) in [6, 6.07) is 37.1. The van der Waals surface area contributed by atoms with Crippen LogP contribution in [0.5, 0.6) is 11.5 Å². The number of hydrogen-bond donors (Lipinski definition) is 5. The van der Waals surface area contributed by atoms with Gasteiger partial charge in [0.1, 0.15) is 30.8 Å². The van der Waals surface area contributed by atoms with E-state index in [1.54, 1.807) is 41.3 Å². The molecule has 14 nitrogen and oxygen atoms in total. The summed E-state index contributed by atoms with van der Waals surface area (Å²) in [5, 5.41) is 27.9. The number of aromatic amines is 1. The fourth-order valence-corrected chi connectivity index (χ4v) is 8.72. The molecule has 4 heterocycles. The van der Waals surface area contributed by atoms with Gasteiger partial charge in [0.25, 0.3) is 5.91 Å². The van der Waals surface area contributed by atoms with Crippen LogP contribution in [0.4, 0.5) is 4.79 Å². The minimum absolute atomic E-state index is 0.0204. The van der Waals surface area contributed by atoms with Crippen molar-refractivity contribution in [2.75, 3.05) is 45.9 Å². The summed E-state index contributed by atoms with van der Waals surface area (Å²) >= 11 is 0. The number of nitrogens with one attached hydrogen (secondary N) is 3. The summed E-state index contributed by atoms with van der Waals surface area (Å²) in [5.41, 5.74) is 4.89. The number of alkyl carbamates (subject to hydrolysis) is 1. The van der Waals surface area contributed by atoms with Crippen LogP contribution in [0.2, 0.25) is 0 Å². The van der Waals surface area contributed by atoms with Crippen LogP contribution in [-0.4, -0.2) is 94.9 Å². The van der Waals surface area contributed by atoms with Gasteiger partial charge in [-0.25, -0.2) is 9.59 Å². The zero-order valence-corrected chi connectivity index (χ0v) is 36.9. The first-order chi connectivity index (χ1) is 32.1. The SMILES string of the molecule is CCN(CCOC(=O)c1ccc(COc2cccc([C@@H](NC(=O)O[C@H]3CN4CCC3CC4)c3ccccc3)c2)cc1)C(=O)c1ccc(CNC[C@H](O)c2ccc(O)c3[nH]c(=O)ccc23)cc1. The standard InChI is InChI=1S/C52H55N5O9/c1-2-57(50(61)38-15-11-34(12-16-38)30-53-31-45(59)42-19-21-44(58)49-43(42)20-22-47(60)54-49)27-28-64-51(62)39-17-13-35(14-18-39)33-65-41-10-6-9-40(29-41)48(37-7-4-3-5-8-37)55-52(63)66-46-32-56-25-23-36(46)24-26-56/h3-22,29,36,45-46,48,53,58-59H,2,23-28,30-33H2,1H3,(H,54,60)(H,55,63)/t45-,46-,48-/m0/s1. The topological polar surface area (TPSA) is 183 Å². The third kappa shape index (κ3) is 11.3. The highest BCUT2D eigenvalue weighted by Crippen LogP contribution is 2.32. The van der Waals surface area contributed by atoms with Crippen molar-refractivity contribution in [3.8, 4) is 11.5 Å². The predicted octanol–water partition coefficient (Wildman–Crippen LogP) is 6.86. The molecule has 66 heavy (non-hydrogen) atoms. The Morgan fingerprint density at radius 2 is 1.58 bits per heavy atom. The minimum atomic E-state index is -0.898. The number of amides is 2. The second kappa shape index (κ2) is 21.3. The van der Waals surface area contributed by atoms with Gasteiger partial charge >= 0.3 is 12.1 Å². The Morgan fingerprint density at radius 3 is 2.30 bits per heavy atom. The lowest BCUT2D eigenvalue weighted by Gasteiger charge is -2.43. The highest BCUT2D eigenvalue weighted by atomic mass is 16.6. The number of aliphatic hydroxyl groups is 1. The van der Waals surface area contributed by atoms with E-state index >= 15 is 0 Å². The summed E-state index contributed by atoms with van der Waals surface area (Å²) in [6.07, 6.45) is 0.678. The van der Waals surface area contributed by atoms with E-state index in [0.717, 1.165) is 54.7 Å². The van der Waals surface area contributed by atoms with Crippen LogP contribution in [0.3, 0.4) is 0 Å². The van der Waals surface area contributed by atoms with E-state index in [4.69, 9.17) is 14.2 Å². The molecule has 6 aromatic rings. The lowest BCUT2D eigenvalue weighted by atomic mass is 9.86. The number of ether oxygens (including phenoxy) is 3. The first-order valence-electron chi connectivity index (χ1n) is 22.5. The van der Waals surface area contributed by atoms with E-state index < -0.39 is 24.2 Å². The van der Waals surface area contributed by atoms with Crippen molar-refractivity contribution < 1.29 is 38.8 Å². The second-order valence-corrected chi connectivity index (χ2v) is 16.8. The number of aliphatic hydroxyl groups excluding tert-OH is 1. The maximum Gasteiger partial charge on any atom is 0.408 e. The Morgan fingerprint density at radius 1 is 0.848 bits per heavy atom. The number of likely N-dealkylation sites (N-methyl/N-ethyl adjacent to an activating group) is 1. The van der Waals surface area contributed by atoms with Gasteiger partial charge in [0.15, 0.2) is 0 Å². The lowest BCUT2D eigenvalue weighted by Crippen LogP contribution is -2.52. The largest absolute Gasteiger partial charge is 0.506 e. The summed E-state index contributed by atoms with van der Waals surface area (Å²) in [5.74, 6) is 0.272. The van der Waals surface area contributed by atoms with Gasteiger partial charge in [-0.2, -0.15) is 0 Å². The number of esters is 1. The van der Waals surface area contributed by atoms with Crippen LogP contribution in [0.25, 0.3) is 10.9 Å². The fraction of sp³-hybridized carbons (Fsp3) is 0.308. The molecule has 5 aromatic carbocycles. The predicted molar refractivity (Wildman–Crippen MR) is 249 cm³/mol. The molecule has 3 aliphatic rings. The van der Waals surface area contributed by atoms with Crippen molar-refractivity contribution in [3.05, 3.63) is 177 Å². The maximum atomic E-state index is 13.4. The van der Waals surface area contributed by atoms with Crippen molar-refractivity contribution in [1.29, 1.82) is 0 Å². The number of hydrogen-bond acceptors (Lipinski definition) is 11. The summed E-state index contributed by atoms with van der Waals surface area (Å²) < 4.78 is 17.7. The normalized spacial score (nSPS) is 17.4. The van der Waals surface area contributed by atoms with E-state index in [2.05, 4.69) is 20.5 Å². The van der Waals surface area contributed by atoms with E-state index in [1.165, 1.54) is 12.1 Å². The average Bonchev–Trinajstić information content (AvgIpc) is 3.35. The van der Waals surface area contributed by atoms with Crippen molar-refractivity contribution in [1.82, 2.24) is 25.4 Å². The Labute approximate surface area is 383 Å². The average molecular weight is 894 g/mol. The van der Waals surface area contributed by atoms with Crippen LogP contribution in [0, 0.1) is 5.92 Å². The molecule has 342 valence electrons. The number of fused-ring (bicyclic) bond motifs is 4. The zero-order valence-electron chi connectivity index (χ0n) is 36.9. The third-order valence-corrected chi connectivity index (χ3v) is 12.4. The van der Waals surface area contributed by atoms with Gasteiger partial charge in [0.05, 0.1) is 29.8 Å². The first-order valence-corrected chi connectivity index (χ1v) is 22.5. The molecular formula is C52H55N5O9. The molecule has 5 N–H and O–H groups in total. The number of phenolic OH excluding ortho intramolecular Hbond substituents is 1. The van der Waals surface area contributed by atoms with Crippen LogP contribution < -0.4 is 20.9 Å². The van der Waals surface area contributed by atoms with Crippen LogP contribution in [0.15, 0.2) is 132 Å². The lowest BCUT2D eigenvalue weighted by molar-refractivity contribution is -0.0336. The Balaban J connectivity index is 0.782. The number of aromatic hydroxyl groups is 1. The quantitative estimate of drug-likeness (QED) is 0.0569.